The monoisotopic (exact) mass is 246 g/mol. The summed E-state index contributed by atoms with van der Waals surface area (Å²) >= 11 is 0. The van der Waals surface area contributed by atoms with Crippen LogP contribution in [0.1, 0.15) is 37.3 Å². The number of benzene rings is 1. The lowest BCUT2D eigenvalue weighted by molar-refractivity contribution is 0.321. The molecule has 0 spiro atoms. The highest BCUT2D eigenvalue weighted by Crippen LogP contribution is 2.29. The van der Waals surface area contributed by atoms with Crippen molar-refractivity contribution in [2.24, 2.45) is 5.92 Å². The molecule has 1 aliphatic rings. The van der Waals surface area contributed by atoms with Crippen LogP contribution in [0.2, 0.25) is 0 Å². The van der Waals surface area contributed by atoms with Gasteiger partial charge in [0.05, 0.1) is 0 Å². The largest absolute Gasteiger partial charge is 0.374 e. The average molecular weight is 246 g/mol. The lowest BCUT2D eigenvalue weighted by atomic mass is 9.85. The minimum Gasteiger partial charge on any atom is -0.374 e. The van der Waals surface area contributed by atoms with Crippen LogP contribution in [0.4, 0.5) is 5.69 Å². The van der Waals surface area contributed by atoms with Crippen LogP contribution in [-0.2, 0) is 6.54 Å². The Morgan fingerprint density at radius 1 is 1.33 bits per heavy atom. The Morgan fingerprint density at radius 2 is 2.11 bits per heavy atom. The number of hydrogen-bond acceptors (Lipinski definition) is 2. The second-order valence-corrected chi connectivity index (χ2v) is 5.59. The topological polar surface area (TPSA) is 15.3 Å². The van der Waals surface area contributed by atoms with Crippen LogP contribution in [0.15, 0.2) is 18.2 Å². The van der Waals surface area contributed by atoms with E-state index >= 15 is 0 Å². The third-order valence-corrected chi connectivity index (χ3v) is 3.97. The van der Waals surface area contributed by atoms with E-state index in [1.165, 1.54) is 42.6 Å². The molecule has 1 fully saturated rings. The molecule has 0 aromatic heterocycles. The fraction of sp³-hybridized carbons (Fsp3) is 0.625. The first-order valence-corrected chi connectivity index (χ1v) is 7.22. The first kappa shape index (κ1) is 13.4. The normalized spacial score (nSPS) is 15.5. The SMILES string of the molecule is CCNCc1cc(C)ccc1N(C)CC1CCC1. The molecule has 1 aliphatic carbocycles. The Bertz CT molecular complexity index is 383. The van der Waals surface area contributed by atoms with Gasteiger partial charge in [0, 0.05) is 25.8 Å². The molecule has 1 aromatic rings. The minimum atomic E-state index is 0.920. The van der Waals surface area contributed by atoms with Gasteiger partial charge in [0.15, 0.2) is 0 Å². The van der Waals surface area contributed by atoms with Gasteiger partial charge in [-0.15, -0.1) is 0 Å². The van der Waals surface area contributed by atoms with Crippen molar-refractivity contribution in [3.05, 3.63) is 29.3 Å². The molecule has 2 rings (SSSR count). The minimum absolute atomic E-state index is 0.920. The van der Waals surface area contributed by atoms with Gasteiger partial charge in [-0.3, -0.25) is 0 Å². The predicted molar refractivity (Wildman–Crippen MR) is 79.2 cm³/mol. The van der Waals surface area contributed by atoms with Gasteiger partial charge in [0.2, 0.25) is 0 Å². The summed E-state index contributed by atoms with van der Waals surface area (Å²) in [5.74, 6) is 0.920. The molecule has 0 aliphatic heterocycles. The first-order chi connectivity index (χ1) is 8.70. The van der Waals surface area contributed by atoms with E-state index in [1.807, 2.05) is 0 Å². The van der Waals surface area contributed by atoms with Crippen molar-refractivity contribution < 1.29 is 0 Å². The van der Waals surface area contributed by atoms with Crippen molar-refractivity contribution in [1.82, 2.24) is 5.32 Å². The van der Waals surface area contributed by atoms with Crippen LogP contribution in [0.25, 0.3) is 0 Å². The molecule has 0 atom stereocenters. The second-order valence-electron chi connectivity index (χ2n) is 5.59. The molecule has 100 valence electrons. The van der Waals surface area contributed by atoms with E-state index in [4.69, 9.17) is 0 Å². The lowest BCUT2D eigenvalue weighted by Gasteiger charge is -2.32. The lowest BCUT2D eigenvalue weighted by Crippen LogP contribution is -2.30. The van der Waals surface area contributed by atoms with Gasteiger partial charge in [-0.25, -0.2) is 0 Å². The summed E-state index contributed by atoms with van der Waals surface area (Å²) in [5, 5.41) is 3.44. The van der Waals surface area contributed by atoms with Crippen molar-refractivity contribution in [2.45, 2.75) is 39.7 Å². The number of anilines is 1. The second kappa shape index (κ2) is 6.24. The van der Waals surface area contributed by atoms with E-state index in [-0.39, 0.29) is 0 Å². The molecule has 2 nitrogen and oxygen atoms in total. The Kier molecular flexibility index (Phi) is 4.65. The van der Waals surface area contributed by atoms with Crippen LogP contribution in [0.5, 0.6) is 0 Å². The third kappa shape index (κ3) is 3.26. The molecule has 1 aromatic carbocycles. The van der Waals surface area contributed by atoms with Crippen molar-refractivity contribution >= 4 is 5.69 Å². The maximum atomic E-state index is 3.44. The number of rotatable bonds is 6. The first-order valence-electron chi connectivity index (χ1n) is 7.22. The number of nitrogens with zero attached hydrogens (tertiary/aromatic N) is 1. The summed E-state index contributed by atoms with van der Waals surface area (Å²) in [6, 6.07) is 6.82. The van der Waals surface area contributed by atoms with Gasteiger partial charge in [0.25, 0.3) is 0 Å². The van der Waals surface area contributed by atoms with E-state index in [0.717, 1.165) is 19.0 Å². The zero-order valence-corrected chi connectivity index (χ0v) is 12.0. The fourth-order valence-corrected chi connectivity index (χ4v) is 2.65. The van der Waals surface area contributed by atoms with Crippen molar-refractivity contribution in [1.29, 1.82) is 0 Å². The van der Waals surface area contributed by atoms with E-state index in [1.54, 1.807) is 0 Å². The summed E-state index contributed by atoms with van der Waals surface area (Å²) in [4.78, 5) is 2.44. The summed E-state index contributed by atoms with van der Waals surface area (Å²) in [6.45, 7) is 7.54. The van der Waals surface area contributed by atoms with Crippen molar-refractivity contribution in [3.8, 4) is 0 Å². The molecule has 1 saturated carbocycles. The molecule has 2 heteroatoms. The van der Waals surface area contributed by atoms with E-state index in [2.05, 4.69) is 49.3 Å². The molecule has 18 heavy (non-hydrogen) atoms. The van der Waals surface area contributed by atoms with Gasteiger partial charge in [-0.2, -0.15) is 0 Å². The Morgan fingerprint density at radius 3 is 2.72 bits per heavy atom. The molecule has 1 N–H and O–H groups in total. The van der Waals surface area contributed by atoms with Crippen molar-refractivity contribution in [2.75, 3.05) is 25.0 Å². The Balaban J connectivity index is 2.08. The maximum absolute atomic E-state index is 3.44. The van der Waals surface area contributed by atoms with Crippen LogP contribution >= 0.6 is 0 Å². The Labute approximate surface area is 111 Å². The van der Waals surface area contributed by atoms with Gasteiger partial charge in [-0.1, -0.05) is 31.0 Å². The quantitative estimate of drug-likeness (QED) is 0.828. The van der Waals surface area contributed by atoms with Gasteiger partial charge in [0.1, 0.15) is 0 Å². The maximum Gasteiger partial charge on any atom is 0.0409 e. The molecular formula is C16H26N2. The van der Waals surface area contributed by atoms with Crippen LogP contribution in [-0.4, -0.2) is 20.1 Å². The summed E-state index contributed by atoms with van der Waals surface area (Å²) in [7, 11) is 2.23. The fourth-order valence-electron chi connectivity index (χ4n) is 2.65. The van der Waals surface area contributed by atoms with Gasteiger partial charge >= 0.3 is 0 Å². The van der Waals surface area contributed by atoms with Crippen LogP contribution in [0.3, 0.4) is 0 Å². The molecule has 0 saturated heterocycles. The van der Waals surface area contributed by atoms with Gasteiger partial charge < -0.3 is 10.2 Å². The molecular weight excluding hydrogens is 220 g/mol. The highest BCUT2D eigenvalue weighted by atomic mass is 15.1. The van der Waals surface area contributed by atoms with Gasteiger partial charge in [-0.05, 0) is 43.9 Å². The summed E-state index contributed by atoms with van der Waals surface area (Å²) < 4.78 is 0. The van der Waals surface area contributed by atoms with Crippen LogP contribution < -0.4 is 10.2 Å². The number of hydrogen-bond donors (Lipinski definition) is 1. The third-order valence-electron chi connectivity index (χ3n) is 3.97. The molecule has 0 unspecified atom stereocenters. The van der Waals surface area contributed by atoms with E-state index in [9.17, 15) is 0 Å². The highest BCUT2D eigenvalue weighted by Gasteiger charge is 2.20. The molecule has 0 heterocycles. The standard InChI is InChI=1S/C16H26N2/c1-4-17-11-15-10-13(2)8-9-16(15)18(3)12-14-6-5-7-14/h8-10,14,17H,4-7,11-12H2,1-3H3. The molecule has 0 radical (unpaired) electrons. The van der Waals surface area contributed by atoms with Crippen molar-refractivity contribution in [3.63, 3.8) is 0 Å². The number of aryl methyl sites for hydroxylation is 1. The molecule has 0 bridgehead atoms. The molecule has 0 amide bonds. The summed E-state index contributed by atoms with van der Waals surface area (Å²) in [5.41, 5.74) is 4.18. The van der Waals surface area contributed by atoms with Crippen LogP contribution in [0, 0.1) is 12.8 Å². The average Bonchev–Trinajstić information content (AvgIpc) is 2.31. The van der Waals surface area contributed by atoms with E-state index < -0.39 is 0 Å². The van der Waals surface area contributed by atoms with E-state index in [0.29, 0.717) is 0 Å². The highest BCUT2D eigenvalue weighted by molar-refractivity contribution is 5.54. The number of nitrogens with one attached hydrogen (secondary N) is 1. The zero-order valence-electron chi connectivity index (χ0n) is 12.0. The predicted octanol–water partition coefficient (Wildman–Crippen LogP) is 3.34. The summed E-state index contributed by atoms with van der Waals surface area (Å²) in [6.07, 6.45) is 4.26. The zero-order chi connectivity index (χ0) is 13.0. The smallest absolute Gasteiger partial charge is 0.0409 e. The Hall–Kier alpha value is -1.02.